The van der Waals surface area contributed by atoms with Crippen LogP contribution in [0.25, 0.3) is 0 Å². The SMILES string of the molecule is CC(C)CN1C[C@@H]2CN(C(=O)Nc3ccccc3)C[C@H]21. The number of para-hydroxylation sites is 1. The van der Waals surface area contributed by atoms with Crippen LogP contribution in [0.2, 0.25) is 0 Å². The Balaban J connectivity index is 1.54. The van der Waals surface area contributed by atoms with E-state index in [2.05, 4.69) is 24.1 Å². The van der Waals surface area contributed by atoms with Crippen LogP contribution in [0.1, 0.15) is 13.8 Å². The second-order valence-corrected chi connectivity index (χ2v) is 6.38. The van der Waals surface area contributed by atoms with Gasteiger partial charge in [-0.15, -0.1) is 0 Å². The van der Waals surface area contributed by atoms with E-state index in [0.717, 1.165) is 31.9 Å². The predicted octanol–water partition coefficient (Wildman–Crippen LogP) is 2.49. The van der Waals surface area contributed by atoms with Crippen LogP contribution >= 0.6 is 0 Å². The number of carbonyl (C=O) groups is 1. The molecule has 1 aromatic carbocycles. The number of likely N-dealkylation sites (tertiary alicyclic amines) is 2. The van der Waals surface area contributed by atoms with Crippen molar-refractivity contribution in [1.82, 2.24) is 9.80 Å². The van der Waals surface area contributed by atoms with Crippen molar-refractivity contribution >= 4 is 11.7 Å². The molecule has 3 rings (SSSR count). The number of nitrogens with one attached hydrogen (secondary N) is 1. The van der Waals surface area contributed by atoms with Crippen LogP contribution in [-0.4, -0.2) is 48.1 Å². The third-order valence-corrected chi connectivity index (χ3v) is 4.26. The minimum absolute atomic E-state index is 0.0371. The largest absolute Gasteiger partial charge is 0.323 e. The number of fused-ring (bicyclic) bond motifs is 1. The second-order valence-electron chi connectivity index (χ2n) is 6.38. The molecule has 0 aromatic heterocycles. The maximum Gasteiger partial charge on any atom is 0.321 e. The Hall–Kier alpha value is -1.55. The Labute approximate surface area is 120 Å². The summed E-state index contributed by atoms with van der Waals surface area (Å²) in [7, 11) is 0. The Morgan fingerprint density at radius 1 is 1.25 bits per heavy atom. The van der Waals surface area contributed by atoms with E-state index < -0.39 is 0 Å². The van der Waals surface area contributed by atoms with Crippen molar-refractivity contribution < 1.29 is 4.79 Å². The van der Waals surface area contributed by atoms with Gasteiger partial charge in [0.2, 0.25) is 0 Å². The molecule has 0 spiro atoms. The molecule has 2 fully saturated rings. The van der Waals surface area contributed by atoms with Gasteiger partial charge in [-0.1, -0.05) is 32.0 Å². The molecule has 2 aliphatic rings. The number of amides is 2. The number of carbonyl (C=O) groups excluding carboxylic acids is 1. The van der Waals surface area contributed by atoms with E-state index >= 15 is 0 Å². The lowest BCUT2D eigenvalue weighted by atomic mass is 9.91. The fourth-order valence-electron chi connectivity index (χ4n) is 3.31. The number of nitrogens with zero attached hydrogens (tertiary/aromatic N) is 2. The smallest absolute Gasteiger partial charge is 0.321 e. The third kappa shape index (κ3) is 2.66. The molecular weight excluding hydrogens is 250 g/mol. The summed E-state index contributed by atoms with van der Waals surface area (Å²) in [5.74, 6) is 1.37. The van der Waals surface area contributed by atoms with Gasteiger partial charge >= 0.3 is 6.03 Å². The number of rotatable bonds is 3. The molecule has 0 radical (unpaired) electrons. The van der Waals surface area contributed by atoms with E-state index in [-0.39, 0.29) is 6.03 Å². The van der Waals surface area contributed by atoms with E-state index in [9.17, 15) is 4.79 Å². The monoisotopic (exact) mass is 273 g/mol. The van der Waals surface area contributed by atoms with E-state index in [0.29, 0.717) is 17.9 Å². The Kier molecular flexibility index (Phi) is 3.66. The van der Waals surface area contributed by atoms with Gasteiger partial charge in [-0.3, -0.25) is 4.90 Å². The quantitative estimate of drug-likeness (QED) is 0.918. The highest BCUT2D eigenvalue weighted by atomic mass is 16.2. The van der Waals surface area contributed by atoms with Gasteiger partial charge < -0.3 is 10.2 Å². The van der Waals surface area contributed by atoms with Gasteiger partial charge in [0.1, 0.15) is 0 Å². The lowest BCUT2D eigenvalue weighted by molar-refractivity contribution is 0.0403. The zero-order valence-electron chi connectivity index (χ0n) is 12.2. The number of benzene rings is 1. The topological polar surface area (TPSA) is 35.6 Å². The van der Waals surface area contributed by atoms with Crippen molar-refractivity contribution in [2.75, 3.05) is 31.5 Å². The standard InChI is InChI=1S/C16H23N3O/c1-12(2)8-18-9-13-10-19(11-15(13)18)16(20)17-14-6-4-3-5-7-14/h3-7,12-13,15H,8-11H2,1-2H3,(H,17,20)/t13-,15-/m1/s1. The van der Waals surface area contributed by atoms with Crippen molar-refractivity contribution in [1.29, 1.82) is 0 Å². The number of anilines is 1. The molecule has 20 heavy (non-hydrogen) atoms. The first-order chi connectivity index (χ1) is 9.63. The van der Waals surface area contributed by atoms with Crippen molar-refractivity contribution in [3.8, 4) is 0 Å². The molecule has 0 unspecified atom stereocenters. The van der Waals surface area contributed by atoms with Crippen molar-refractivity contribution in [3.05, 3.63) is 30.3 Å². The minimum atomic E-state index is 0.0371. The molecule has 2 atom stereocenters. The number of hydrogen-bond donors (Lipinski definition) is 1. The second kappa shape index (κ2) is 5.44. The van der Waals surface area contributed by atoms with Crippen LogP contribution < -0.4 is 5.32 Å². The predicted molar refractivity (Wildman–Crippen MR) is 80.7 cm³/mol. The van der Waals surface area contributed by atoms with E-state index in [4.69, 9.17) is 0 Å². The van der Waals surface area contributed by atoms with Gasteiger partial charge in [0, 0.05) is 43.8 Å². The molecule has 4 nitrogen and oxygen atoms in total. The van der Waals surface area contributed by atoms with Gasteiger partial charge in [-0.05, 0) is 18.1 Å². The highest BCUT2D eigenvalue weighted by Gasteiger charge is 2.46. The minimum Gasteiger partial charge on any atom is -0.323 e. The molecule has 2 saturated heterocycles. The third-order valence-electron chi connectivity index (χ3n) is 4.26. The molecule has 0 saturated carbocycles. The summed E-state index contributed by atoms with van der Waals surface area (Å²) >= 11 is 0. The summed E-state index contributed by atoms with van der Waals surface area (Å²) < 4.78 is 0. The molecule has 2 aliphatic heterocycles. The molecule has 108 valence electrons. The summed E-state index contributed by atoms with van der Waals surface area (Å²) in [6.07, 6.45) is 0. The van der Waals surface area contributed by atoms with Crippen LogP contribution in [0.4, 0.5) is 10.5 Å². The molecule has 0 bridgehead atoms. The summed E-state index contributed by atoms with van der Waals surface area (Å²) in [6, 6.07) is 10.3. The summed E-state index contributed by atoms with van der Waals surface area (Å²) in [4.78, 5) is 16.7. The lowest BCUT2D eigenvalue weighted by Gasteiger charge is -2.44. The number of urea groups is 1. The van der Waals surface area contributed by atoms with E-state index in [1.54, 1.807) is 0 Å². The fraction of sp³-hybridized carbons (Fsp3) is 0.562. The fourth-order valence-corrected chi connectivity index (χ4v) is 3.31. The van der Waals surface area contributed by atoms with Crippen LogP contribution in [0.5, 0.6) is 0 Å². The van der Waals surface area contributed by atoms with Crippen molar-refractivity contribution in [2.24, 2.45) is 11.8 Å². The average molecular weight is 273 g/mol. The van der Waals surface area contributed by atoms with Crippen molar-refractivity contribution in [3.63, 3.8) is 0 Å². The summed E-state index contributed by atoms with van der Waals surface area (Å²) in [5.41, 5.74) is 0.871. The van der Waals surface area contributed by atoms with Gasteiger partial charge in [-0.25, -0.2) is 4.79 Å². The first kappa shape index (κ1) is 13.4. The maximum absolute atomic E-state index is 12.3. The van der Waals surface area contributed by atoms with Gasteiger partial charge in [0.05, 0.1) is 0 Å². The molecule has 1 aromatic rings. The molecule has 1 N–H and O–H groups in total. The Morgan fingerprint density at radius 3 is 2.70 bits per heavy atom. The van der Waals surface area contributed by atoms with Crippen molar-refractivity contribution in [2.45, 2.75) is 19.9 Å². The Bertz CT molecular complexity index is 474. The van der Waals surface area contributed by atoms with Crippen LogP contribution in [0, 0.1) is 11.8 Å². The molecular formula is C16H23N3O. The van der Waals surface area contributed by atoms with Gasteiger partial charge in [0.15, 0.2) is 0 Å². The van der Waals surface area contributed by atoms with Crippen LogP contribution in [0.3, 0.4) is 0 Å². The maximum atomic E-state index is 12.3. The first-order valence-electron chi connectivity index (χ1n) is 7.48. The highest BCUT2D eigenvalue weighted by Crippen LogP contribution is 2.33. The zero-order valence-corrected chi connectivity index (χ0v) is 12.2. The highest BCUT2D eigenvalue weighted by molar-refractivity contribution is 5.89. The van der Waals surface area contributed by atoms with Crippen LogP contribution in [0.15, 0.2) is 30.3 Å². The molecule has 2 amide bonds. The summed E-state index contributed by atoms with van der Waals surface area (Å²) in [6.45, 7) is 8.57. The lowest BCUT2D eigenvalue weighted by Crippen LogP contribution is -2.56. The summed E-state index contributed by atoms with van der Waals surface area (Å²) in [5, 5.41) is 2.98. The molecule has 0 aliphatic carbocycles. The number of hydrogen-bond acceptors (Lipinski definition) is 2. The van der Waals surface area contributed by atoms with E-state index in [1.165, 1.54) is 0 Å². The Morgan fingerprint density at radius 2 is 2.00 bits per heavy atom. The van der Waals surface area contributed by atoms with Gasteiger partial charge in [0.25, 0.3) is 0 Å². The zero-order chi connectivity index (χ0) is 14.1. The van der Waals surface area contributed by atoms with E-state index in [1.807, 2.05) is 35.2 Å². The normalized spacial score (nSPS) is 25.4. The molecule has 4 heteroatoms. The first-order valence-corrected chi connectivity index (χ1v) is 7.48. The van der Waals surface area contributed by atoms with Crippen LogP contribution in [-0.2, 0) is 0 Å². The van der Waals surface area contributed by atoms with Gasteiger partial charge in [-0.2, -0.15) is 0 Å². The average Bonchev–Trinajstić information content (AvgIpc) is 2.75. The molecule has 2 heterocycles.